The zero-order chi connectivity index (χ0) is 20.9. The molecule has 0 atom stereocenters. The molecule has 2 rings (SSSR count). The Morgan fingerprint density at radius 1 is 1.11 bits per heavy atom. The van der Waals surface area contributed by atoms with Crippen molar-refractivity contribution in [3.05, 3.63) is 16.0 Å². The van der Waals surface area contributed by atoms with Gasteiger partial charge in [0.15, 0.2) is 0 Å². The molecule has 156 valence electrons. The van der Waals surface area contributed by atoms with E-state index in [-0.39, 0.29) is 30.4 Å². The monoisotopic (exact) mass is 409 g/mol. The lowest BCUT2D eigenvalue weighted by Crippen LogP contribution is -2.47. The molecule has 1 aliphatic rings. The van der Waals surface area contributed by atoms with Gasteiger partial charge in [0.05, 0.1) is 25.8 Å². The molecule has 8 heteroatoms. The Morgan fingerprint density at radius 2 is 1.75 bits per heavy atom. The summed E-state index contributed by atoms with van der Waals surface area (Å²) in [5.74, 6) is -0.773. The third-order valence-electron chi connectivity index (χ3n) is 4.51. The van der Waals surface area contributed by atoms with Crippen LogP contribution in [0, 0.1) is 0 Å². The summed E-state index contributed by atoms with van der Waals surface area (Å²) in [5.41, 5.74) is 1.18. The van der Waals surface area contributed by atoms with Gasteiger partial charge in [-0.3, -0.25) is 14.5 Å². The fraction of sp³-hybridized carbons (Fsp3) is 0.650. The predicted octanol–water partition coefficient (Wildman–Crippen LogP) is 2.59. The van der Waals surface area contributed by atoms with E-state index in [1.807, 2.05) is 27.7 Å². The van der Waals surface area contributed by atoms with E-state index >= 15 is 0 Å². The number of aryl methyl sites for hydroxylation is 1. The van der Waals surface area contributed by atoms with E-state index in [9.17, 15) is 14.4 Å². The lowest BCUT2D eigenvalue weighted by Gasteiger charge is -2.24. The van der Waals surface area contributed by atoms with Crippen LogP contribution in [0.1, 0.15) is 61.3 Å². The summed E-state index contributed by atoms with van der Waals surface area (Å²) >= 11 is 1.46. The van der Waals surface area contributed by atoms with Crippen LogP contribution in [0.25, 0.3) is 0 Å². The van der Waals surface area contributed by atoms with Crippen LogP contribution in [-0.2, 0) is 27.2 Å². The summed E-state index contributed by atoms with van der Waals surface area (Å²) < 4.78 is 4.94. The molecule has 7 nitrogen and oxygen atoms in total. The average Bonchev–Trinajstić information content (AvgIpc) is 2.96. The number of hydrogen-bond donors (Lipinski definition) is 2. The molecule has 1 aromatic rings. The molecule has 2 N–H and O–H groups in total. The second-order valence-corrected chi connectivity index (χ2v) is 9.16. The van der Waals surface area contributed by atoms with Gasteiger partial charge in [0.1, 0.15) is 5.00 Å². The van der Waals surface area contributed by atoms with E-state index in [0.717, 1.165) is 36.1 Å². The highest BCUT2D eigenvalue weighted by molar-refractivity contribution is 7.17. The smallest absolute Gasteiger partial charge is 0.341 e. The van der Waals surface area contributed by atoms with Gasteiger partial charge in [0, 0.05) is 10.4 Å². The highest BCUT2D eigenvalue weighted by Crippen LogP contribution is 2.38. The van der Waals surface area contributed by atoms with Crippen molar-refractivity contribution in [1.29, 1.82) is 0 Å². The Hall–Kier alpha value is -1.93. The molecule has 0 aromatic carbocycles. The van der Waals surface area contributed by atoms with E-state index in [0.29, 0.717) is 17.1 Å². The third kappa shape index (κ3) is 6.04. The van der Waals surface area contributed by atoms with Gasteiger partial charge in [-0.05, 0) is 58.6 Å². The highest BCUT2D eigenvalue weighted by atomic mass is 32.1. The minimum Gasteiger partial charge on any atom is -0.465 e. The number of rotatable bonds is 7. The van der Waals surface area contributed by atoms with Gasteiger partial charge in [0.25, 0.3) is 0 Å². The van der Waals surface area contributed by atoms with E-state index < -0.39 is 5.97 Å². The van der Waals surface area contributed by atoms with Crippen molar-refractivity contribution in [2.45, 2.75) is 58.9 Å². The number of ether oxygens (including phenoxy) is 1. The van der Waals surface area contributed by atoms with Crippen LogP contribution in [-0.4, -0.2) is 55.0 Å². The van der Waals surface area contributed by atoms with Gasteiger partial charge in [-0.1, -0.05) is 6.92 Å². The first-order valence-electron chi connectivity index (χ1n) is 9.70. The highest BCUT2D eigenvalue weighted by Gasteiger charge is 2.27. The summed E-state index contributed by atoms with van der Waals surface area (Å²) in [5, 5.41) is 6.33. The Kier molecular flexibility index (Phi) is 7.60. The minimum atomic E-state index is -0.411. The predicted molar refractivity (Wildman–Crippen MR) is 111 cm³/mol. The molecular weight excluding hydrogens is 378 g/mol. The summed E-state index contributed by atoms with van der Waals surface area (Å²) in [6.45, 7) is 8.45. The van der Waals surface area contributed by atoms with Gasteiger partial charge in [-0.15, -0.1) is 11.3 Å². The number of amides is 2. The second-order valence-electron chi connectivity index (χ2n) is 8.06. The first-order valence-corrected chi connectivity index (χ1v) is 10.5. The standard InChI is InChI=1S/C20H31N3O4S/c1-6-23(12-16(25)22-20(2,3)4)11-15(24)21-18-17(19(26)27-5)13-9-7-8-10-14(13)28-18/h6-12H2,1-5H3,(H,21,24)(H,22,25). The van der Waals surface area contributed by atoms with Gasteiger partial charge in [-0.25, -0.2) is 4.79 Å². The fourth-order valence-electron chi connectivity index (χ4n) is 3.28. The summed E-state index contributed by atoms with van der Waals surface area (Å²) in [4.78, 5) is 39.9. The van der Waals surface area contributed by atoms with Crippen molar-refractivity contribution in [2.75, 3.05) is 32.1 Å². The van der Waals surface area contributed by atoms with Crippen molar-refractivity contribution in [2.24, 2.45) is 0 Å². The van der Waals surface area contributed by atoms with Crippen LogP contribution in [0.15, 0.2) is 0 Å². The van der Waals surface area contributed by atoms with Gasteiger partial charge >= 0.3 is 5.97 Å². The van der Waals surface area contributed by atoms with E-state index in [2.05, 4.69) is 10.6 Å². The Bertz CT molecular complexity index is 737. The van der Waals surface area contributed by atoms with Crippen molar-refractivity contribution >= 4 is 34.1 Å². The Morgan fingerprint density at radius 3 is 2.36 bits per heavy atom. The first-order chi connectivity index (χ1) is 13.1. The number of nitrogens with one attached hydrogen (secondary N) is 2. The van der Waals surface area contributed by atoms with Gasteiger partial charge in [0.2, 0.25) is 11.8 Å². The molecular formula is C20H31N3O4S. The molecule has 1 aromatic heterocycles. The minimum absolute atomic E-state index is 0.0806. The van der Waals surface area contributed by atoms with Crippen molar-refractivity contribution in [3.63, 3.8) is 0 Å². The van der Waals surface area contributed by atoms with Crippen molar-refractivity contribution in [3.8, 4) is 0 Å². The molecule has 0 unspecified atom stereocenters. The van der Waals surface area contributed by atoms with E-state index in [4.69, 9.17) is 4.74 Å². The number of methoxy groups -OCH3 is 1. The van der Waals surface area contributed by atoms with Crippen molar-refractivity contribution < 1.29 is 19.1 Å². The largest absolute Gasteiger partial charge is 0.465 e. The first kappa shape index (κ1) is 22.4. The molecule has 0 saturated carbocycles. The number of carbonyl (C=O) groups excluding carboxylic acids is 3. The molecule has 0 fully saturated rings. The Balaban J connectivity index is 2.06. The summed E-state index contributed by atoms with van der Waals surface area (Å²) in [6.07, 6.45) is 3.88. The number of fused-ring (bicyclic) bond motifs is 1. The molecule has 1 heterocycles. The Labute approximate surface area is 170 Å². The van der Waals surface area contributed by atoms with Crippen LogP contribution in [0.2, 0.25) is 0 Å². The number of anilines is 1. The zero-order valence-electron chi connectivity index (χ0n) is 17.4. The molecule has 2 amide bonds. The fourth-order valence-corrected chi connectivity index (χ4v) is 4.58. The summed E-state index contributed by atoms with van der Waals surface area (Å²) in [6, 6.07) is 0. The topological polar surface area (TPSA) is 87.7 Å². The van der Waals surface area contributed by atoms with Crippen molar-refractivity contribution in [1.82, 2.24) is 10.2 Å². The SMILES string of the molecule is CCN(CC(=O)Nc1sc2c(c1C(=O)OC)CCCC2)CC(=O)NC(C)(C)C. The number of esters is 1. The normalized spacial score (nSPS) is 13.8. The molecule has 1 aliphatic carbocycles. The number of likely N-dealkylation sites (N-methyl/N-ethyl adjacent to an activating group) is 1. The van der Waals surface area contributed by atoms with Gasteiger partial charge < -0.3 is 15.4 Å². The lowest BCUT2D eigenvalue weighted by atomic mass is 9.95. The number of carbonyl (C=O) groups is 3. The third-order valence-corrected chi connectivity index (χ3v) is 5.72. The van der Waals surface area contributed by atoms with E-state index in [1.54, 1.807) is 4.90 Å². The average molecular weight is 410 g/mol. The van der Waals surface area contributed by atoms with Gasteiger partial charge in [-0.2, -0.15) is 0 Å². The van der Waals surface area contributed by atoms with Crippen LogP contribution in [0.5, 0.6) is 0 Å². The molecule has 0 aliphatic heterocycles. The summed E-state index contributed by atoms with van der Waals surface area (Å²) in [7, 11) is 1.35. The maximum Gasteiger partial charge on any atom is 0.341 e. The van der Waals surface area contributed by atoms with E-state index in [1.165, 1.54) is 18.4 Å². The number of thiophene rings is 1. The van der Waals surface area contributed by atoms with Crippen LogP contribution in [0.3, 0.4) is 0 Å². The molecule has 0 bridgehead atoms. The maximum absolute atomic E-state index is 12.6. The zero-order valence-corrected chi connectivity index (χ0v) is 18.3. The molecule has 0 saturated heterocycles. The molecule has 0 radical (unpaired) electrons. The molecule has 0 spiro atoms. The quantitative estimate of drug-likeness (QED) is 0.676. The van der Waals surface area contributed by atoms with Crippen LogP contribution >= 0.6 is 11.3 Å². The lowest BCUT2D eigenvalue weighted by molar-refractivity contribution is -0.124. The van der Waals surface area contributed by atoms with Crippen LogP contribution in [0.4, 0.5) is 5.00 Å². The second kappa shape index (κ2) is 9.52. The number of nitrogens with zero attached hydrogens (tertiary/aromatic N) is 1. The molecule has 28 heavy (non-hydrogen) atoms. The maximum atomic E-state index is 12.6. The number of hydrogen-bond acceptors (Lipinski definition) is 6. The van der Waals surface area contributed by atoms with Crippen LogP contribution < -0.4 is 10.6 Å².